The number of nitrogens with zero attached hydrogens (tertiary/aromatic N) is 3. The van der Waals surface area contributed by atoms with E-state index >= 15 is 0 Å². The highest BCUT2D eigenvalue weighted by molar-refractivity contribution is 5.71. The van der Waals surface area contributed by atoms with Crippen molar-refractivity contribution in [3.05, 3.63) is 41.2 Å². The van der Waals surface area contributed by atoms with Crippen LogP contribution >= 0.6 is 0 Å². The van der Waals surface area contributed by atoms with Gasteiger partial charge in [-0.3, -0.25) is 4.79 Å². The van der Waals surface area contributed by atoms with E-state index in [4.69, 9.17) is 4.74 Å². The number of hydrogen-bond acceptors (Lipinski definition) is 5. The summed E-state index contributed by atoms with van der Waals surface area (Å²) in [4.78, 5) is 12.6. The van der Waals surface area contributed by atoms with Gasteiger partial charge < -0.3 is 9.84 Å². The zero-order valence-electron chi connectivity index (χ0n) is 20.7. The Morgan fingerprint density at radius 3 is 2.50 bits per heavy atom. The molecule has 1 heterocycles. The fourth-order valence-corrected chi connectivity index (χ4v) is 4.72. The number of aliphatic hydroxyl groups excluding tert-OH is 1. The Kier molecular flexibility index (Phi) is 7.73. The van der Waals surface area contributed by atoms with Crippen molar-refractivity contribution in [2.24, 2.45) is 5.92 Å². The molecular weight excluding hydrogens is 426 g/mol. The van der Waals surface area contributed by atoms with E-state index in [1.165, 1.54) is 25.7 Å². The van der Waals surface area contributed by atoms with Gasteiger partial charge in [0.05, 0.1) is 23.5 Å². The van der Waals surface area contributed by atoms with E-state index in [1.807, 2.05) is 25.5 Å². The molecule has 0 unspecified atom stereocenters. The minimum atomic E-state index is -0.530. The van der Waals surface area contributed by atoms with Gasteiger partial charge in [0.1, 0.15) is 5.60 Å². The Morgan fingerprint density at radius 1 is 1.18 bits per heavy atom. The minimum absolute atomic E-state index is 0.0844. The molecule has 4 rings (SSSR count). The minimum Gasteiger partial charge on any atom is -0.460 e. The summed E-state index contributed by atoms with van der Waals surface area (Å²) < 4.78 is 7.51. The Labute approximate surface area is 203 Å². The maximum absolute atomic E-state index is 12.6. The monoisotopic (exact) mass is 463 g/mol. The molecule has 1 aromatic carbocycles. The van der Waals surface area contributed by atoms with Crippen molar-refractivity contribution in [1.82, 2.24) is 15.0 Å². The highest BCUT2D eigenvalue weighted by Crippen LogP contribution is 2.44. The van der Waals surface area contributed by atoms with Gasteiger partial charge in [-0.25, -0.2) is 4.68 Å². The number of aromatic nitrogens is 3. The van der Waals surface area contributed by atoms with Crippen LogP contribution in [-0.4, -0.2) is 38.3 Å². The zero-order valence-corrected chi connectivity index (χ0v) is 20.7. The first-order chi connectivity index (χ1) is 16.3. The summed E-state index contributed by atoms with van der Waals surface area (Å²) in [5.41, 5.74) is 3.42. The third-order valence-corrected chi connectivity index (χ3v) is 6.51. The number of ether oxygens (including phenoxy) is 1. The van der Waals surface area contributed by atoms with Crippen molar-refractivity contribution in [1.29, 1.82) is 0 Å². The molecule has 2 saturated carbocycles. The number of aliphatic hydroxyl groups is 1. The zero-order chi connectivity index (χ0) is 24.1. The Bertz CT molecular complexity index is 1030. The average Bonchev–Trinajstić information content (AvgIpc) is 3.31. The molecule has 0 saturated heterocycles. The van der Waals surface area contributed by atoms with Crippen LogP contribution in [0.1, 0.15) is 107 Å². The van der Waals surface area contributed by atoms with Crippen molar-refractivity contribution < 1.29 is 14.6 Å². The van der Waals surface area contributed by atoms with Gasteiger partial charge in [-0.05, 0) is 83.6 Å². The standard InChI is InChI=1S/C28H37N3O3/c1-28(2,3)34-25(33)19-23(9-6-18-32)26-27(22-14-15-22)31(30-29-26)24-16-12-21(13-17-24)11-10-20-7-4-5-8-20/h12-13,16-17,20,22-23,32H,4-9,14-15,18-19H2,1-3H3/t23-/m0/s1. The van der Waals surface area contributed by atoms with Crippen molar-refractivity contribution in [3.63, 3.8) is 0 Å². The first-order valence-corrected chi connectivity index (χ1v) is 12.7. The summed E-state index contributed by atoms with van der Waals surface area (Å²) in [6, 6.07) is 8.22. The lowest BCUT2D eigenvalue weighted by Gasteiger charge is -2.22. The molecule has 0 bridgehead atoms. The molecule has 2 aliphatic rings. The normalized spacial score (nSPS) is 17.3. The number of carbonyl (C=O) groups excluding carboxylic acids is 1. The molecule has 0 aliphatic heterocycles. The smallest absolute Gasteiger partial charge is 0.306 e. The van der Waals surface area contributed by atoms with Gasteiger partial charge in [0.15, 0.2) is 0 Å². The van der Waals surface area contributed by atoms with E-state index in [9.17, 15) is 9.90 Å². The molecule has 6 nitrogen and oxygen atoms in total. The molecule has 0 radical (unpaired) electrons. The number of carbonyl (C=O) groups is 1. The van der Waals surface area contributed by atoms with Crippen molar-refractivity contribution >= 4 is 5.97 Å². The van der Waals surface area contributed by atoms with Crippen LogP contribution in [0.15, 0.2) is 24.3 Å². The number of rotatable bonds is 8. The van der Waals surface area contributed by atoms with Gasteiger partial charge in [-0.2, -0.15) is 0 Å². The molecule has 1 N–H and O–H groups in total. The predicted molar refractivity (Wildman–Crippen MR) is 132 cm³/mol. The fourth-order valence-electron chi connectivity index (χ4n) is 4.72. The fraction of sp³-hybridized carbons (Fsp3) is 0.607. The van der Waals surface area contributed by atoms with Crippen LogP contribution in [0.2, 0.25) is 0 Å². The molecule has 182 valence electrons. The quantitative estimate of drug-likeness (QED) is 0.426. The molecule has 0 amide bonds. The second kappa shape index (κ2) is 10.7. The third-order valence-electron chi connectivity index (χ3n) is 6.51. The van der Waals surface area contributed by atoms with Gasteiger partial charge in [-0.1, -0.05) is 29.9 Å². The van der Waals surface area contributed by atoms with Gasteiger partial charge in [-0.15, -0.1) is 5.10 Å². The van der Waals surface area contributed by atoms with Crippen LogP contribution in [-0.2, 0) is 9.53 Å². The van der Waals surface area contributed by atoms with Gasteiger partial charge >= 0.3 is 5.97 Å². The summed E-state index contributed by atoms with van der Waals surface area (Å²) in [7, 11) is 0. The maximum Gasteiger partial charge on any atom is 0.306 e. The maximum atomic E-state index is 12.6. The first-order valence-electron chi connectivity index (χ1n) is 12.7. The van der Waals surface area contributed by atoms with Crippen LogP contribution in [0.3, 0.4) is 0 Å². The second-order valence-electron chi connectivity index (χ2n) is 10.7. The lowest BCUT2D eigenvalue weighted by molar-refractivity contribution is -0.155. The van der Waals surface area contributed by atoms with Crippen molar-refractivity contribution in [2.45, 2.75) is 96.0 Å². The molecule has 2 fully saturated rings. The highest BCUT2D eigenvalue weighted by atomic mass is 16.6. The van der Waals surface area contributed by atoms with Crippen LogP contribution in [0.5, 0.6) is 0 Å². The number of benzene rings is 1. The summed E-state index contributed by atoms with van der Waals surface area (Å²) in [5.74, 6) is 7.34. The SMILES string of the molecule is CC(C)(C)OC(=O)C[C@H](CCCO)c1nnn(-c2ccc(C#CC3CCCC3)cc2)c1C1CC1. The molecular formula is C28H37N3O3. The second-order valence-corrected chi connectivity index (χ2v) is 10.7. The Morgan fingerprint density at radius 2 is 1.88 bits per heavy atom. The van der Waals surface area contributed by atoms with Crippen molar-refractivity contribution in [3.8, 4) is 17.5 Å². The van der Waals surface area contributed by atoms with Crippen LogP contribution in [0.4, 0.5) is 0 Å². The van der Waals surface area contributed by atoms with Crippen LogP contribution < -0.4 is 0 Å². The molecule has 2 aromatic rings. The Balaban J connectivity index is 1.57. The highest BCUT2D eigenvalue weighted by Gasteiger charge is 2.35. The molecule has 2 aliphatic carbocycles. The van der Waals surface area contributed by atoms with E-state index in [2.05, 4.69) is 46.4 Å². The van der Waals surface area contributed by atoms with Crippen LogP contribution in [0, 0.1) is 17.8 Å². The topological polar surface area (TPSA) is 77.2 Å². The van der Waals surface area contributed by atoms with E-state index < -0.39 is 5.60 Å². The molecule has 1 aromatic heterocycles. The molecule has 6 heteroatoms. The predicted octanol–water partition coefficient (Wildman–Crippen LogP) is 5.27. The molecule has 1 atom stereocenters. The largest absolute Gasteiger partial charge is 0.460 e. The number of hydrogen-bond donors (Lipinski definition) is 1. The van der Waals surface area contributed by atoms with Gasteiger partial charge in [0, 0.05) is 29.9 Å². The van der Waals surface area contributed by atoms with Crippen LogP contribution in [0.25, 0.3) is 5.69 Å². The first kappa shape index (κ1) is 24.5. The van der Waals surface area contributed by atoms with Crippen molar-refractivity contribution in [2.75, 3.05) is 6.61 Å². The third kappa shape index (κ3) is 6.48. The van der Waals surface area contributed by atoms with E-state index in [0.717, 1.165) is 35.5 Å². The molecule has 0 spiro atoms. The molecule has 34 heavy (non-hydrogen) atoms. The lowest BCUT2D eigenvalue weighted by Crippen LogP contribution is -2.25. The number of esters is 1. The Hall–Kier alpha value is -2.65. The van der Waals surface area contributed by atoms with E-state index in [-0.39, 0.29) is 24.9 Å². The van der Waals surface area contributed by atoms with Gasteiger partial charge in [0.2, 0.25) is 0 Å². The summed E-state index contributed by atoms with van der Waals surface area (Å²) in [6.45, 7) is 5.71. The lowest BCUT2D eigenvalue weighted by atomic mass is 9.93. The van der Waals surface area contributed by atoms with E-state index in [1.54, 1.807) is 0 Å². The summed E-state index contributed by atoms with van der Waals surface area (Å²) >= 11 is 0. The van der Waals surface area contributed by atoms with E-state index in [0.29, 0.717) is 24.7 Å². The summed E-state index contributed by atoms with van der Waals surface area (Å²) in [6.07, 6.45) is 8.76. The summed E-state index contributed by atoms with van der Waals surface area (Å²) in [5, 5.41) is 18.5. The van der Waals surface area contributed by atoms with Gasteiger partial charge in [0.25, 0.3) is 0 Å². The average molecular weight is 464 g/mol.